The Morgan fingerprint density at radius 2 is 2.08 bits per heavy atom. The van der Waals surface area contributed by atoms with Crippen molar-refractivity contribution in [3.63, 3.8) is 0 Å². The molecule has 2 fully saturated rings. The fourth-order valence-corrected chi connectivity index (χ4v) is 2.47. The first-order valence-electron chi connectivity index (χ1n) is 4.91. The summed E-state index contributed by atoms with van der Waals surface area (Å²) < 4.78 is 0. The van der Waals surface area contributed by atoms with Gasteiger partial charge in [0, 0.05) is 24.5 Å². The molecule has 0 amide bonds. The Morgan fingerprint density at radius 1 is 1.31 bits per heavy atom. The fourth-order valence-electron chi connectivity index (χ4n) is 2.47. The minimum Gasteiger partial charge on any atom is -0.335 e. The summed E-state index contributed by atoms with van der Waals surface area (Å²) in [5.41, 5.74) is 0. The number of anilines is 1. The van der Waals surface area contributed by atoms with Crippen molar-refractivity contribution in [1.82, 2.24) is 9.97 Å². The van der Waals surface area contributed by atoms with Crippen LogP contribution in [0.2, 0.25) is 0 Å². The summed E-state index contributed by atoms with van der Waals surface area (Å²) in [5, 5.41) is 0. The Balaban J connectivity index is 1.92. The molecule has 0 spiro atoms. The second-order valence-electron chi connectivity index (χ2n) is 4.10. The van der Waals surface area contributed by atoms with Crippen LogP contribution in [0.25, 0.3) is 0 Å². The predicted octanol–water partition coefficient (Wildman–Crippen LogP) is 1.46. The molecule has 3 unspecified atom stereocenters. The Labute approximate surface area is 77.8 Å². The molecule has 0 aromatic carbocycles. The van der Waals surface area contributed by atoms with Gasteiger partial charge in [-0.3, -0.25) is 0 Å². The zero-order valence-corrected chi connectivity index (χ0v) is 7.72. The zero-order valence-electron chi connectivity index (χ0n) is 7.72. The maximum absolute atomic E-state index is 4.30. The molecule has 1 aromatic heterocycles. The zero-order chi connectivity index (χ0) is 8.84. The molecule has 13 heavy (non-hydrogen) atoms. The van der Waals surface area contributed by atoms with Gasteiger partial charge in [-0.1, -0.05) is 0 Å². The van der Waals surface area contributed by atoms with Gasteiger partial charge < -0.3 is 4.90 Å². The van der Waals surface area contributed by atoms with Crippen molar-refractivity contribution in [3.05, 3.63) is 18.5 Å². The maximum Gasteiger partial charge on any atom is 0.225 e. The van der Waals surface area contributed by atoms with Gasteiger partial charge in [0.05, 0.1) is 0 Å². The van der Waals surface area contributed by atoms with E-state index in [2.05, 4.69) is 21.8 Å². The first kappa shape index (κ1) is 7.30. The lowest BCUT2D eigenvalue weighted by atomic mass is 10.2. The Morgan fingerprint density at radius 3 is 2.69 bits per heavy atom. The van der Waals surface area contributed by atoms with Crippen molar-refractivity contribution >= 4 is 5.95 Å². The summed E-state index contributed by atoms with van der Waals surface area (Å²) in [6, 6.07) is 3.25. The minimum absolute atomic E-state index is 0.631. The van der Waals surface area contributed by atoms with E-state index in [9.17, 15) is 0 Å². The Kier molecular flexibility index (Phi) is 1.37. The number of piperidine rings is 1. The van der Waals surface area contributed by atoms with Crippen LogP contribution in [0.1, 0.15) is 19.8 Å². The molecule has 3 atom stereocenters. The molecule has 2 heterocycles. The number of nitrogens with zero attached hydrogens (tertiary/aromatic N) is 3. The van der Waals surface area contributed by atoms with E-state index in [4.69, 9.17) is 0 Å². The Hall–Kier alpha value is -1.12. The van der Waals surface area contributed by atoms with E-state index in [1.54, 1.807) is 0 Å². The lowest BCUT2D eigenvalue weighted by Crippen LogP contribution is -2.31. The molecule has 1 aromatic rings. The van der Waals surface area contributed by atoms with Gasteiger partial charge in [-0.2, -0.15) is 0 Å². The van der Waals surface area contributed by atoms with Crippen molar-refractivity contribution in [1.29, 1.82) is 0 Å². The van der Waals surface area contributed by atoms with Gasteiger partial charge in [-0.25, -0.2) is 9.97 Å². The fraction of sp³-hybridized carbons (Fsp3) is 0.600. The SMILES string of the molecule is CC1CC2CC2N1c1ncccn1. The third-order valence-electron chi connectivity index (χ3n) is 3.14. The molecule has 1 saturated carbocycles. The molecule has 3 heteroatoms. The van der Waals surface area contributed by atoms with Crippen molar-refractivity contribution in [2.75, 3.05) is 4.90 Å². The van der Waals surface area contributed by atoms with Crippen LogP contribution >= 0.6 is 0 Å². The van der Waals surface area contributed by atoms with E-state index in [0.717, 1.165) is 17.9 Å². The van der Waals surface area contributed by atoms with Crippen LogP contribution in [-0.4, -0.2) is 22.1 Å². The largest absolute Gasteiger partial charge is 0.335 e. The second-order valence-corrected chi connectivity index (χ2v) is 4.10. The van der Waals surface area contributed by atoms with Gasteiger partial charge in [0.25, 0.3) is 0 Å². The quantitative estimate of drug-likeness (QED) is 0.647. The molecule has 1 aliphatic heterocycles. The number of hydrogen-bond donors (Lipinski definition) is 0. The molecular formula is C10H13N3. The lowest BCUT2D eigenvalue weighted by Gasteiger charge is -2.23. The summed E-state index contributed by atoms with van der Waals surface area (Å²) in [5.74, 6) is 1.85. The van der Waals surface area contributed by atoms with Gasteiger partial charge in [-0.15, -0.1) is 0 Å². The standard InChI is InChI=1S/C10H13N3/c1-7-5-8-6-9(8)13(7)10-11-3-2-4-12-10/h2-4,7-9H,5-6H2,1H3. The van der Waals surface area contributed by atoms with Gasteiger partial charge >= 0.3 is 0 Å². The topological polar surface area (TPSA) is 29.0 Å². The highest BCUT2D eigenvalue weighted by Gasteiger charge is 2.51. The molecule has 0 radical (unpaired) electrons. The number of hydrogen-bond acceptors (Lipinski definition) is 3. The monoisotopic (exact) mass is 175 g/mol. The van der Waals surface area contributed by atoms with E-state index in [0.29, 0.717) is 6.04 Å². The van der Waals surface area contributed by atoms with E-state index in [1.807, 2.05) is 18.5 Å². The molecule has 1 aliphatic carbocycles. The lowest BCUT2D eigenvalue weighted by molar-refractivity contribution is 0.634. The van der Waals surface area contributed by atoms with Gasteiger partial charge in [0.1, 0.15) is 0 Å². The Bertz CT molecular complexity index is 309. The molecule has 3 rings (SSSR count). The molecule has 2 aliphatic rings. The van der Waals surface area contributed by atoms with Gasteiger partial charge in [0.2, 0.25) is 5.95 Å². The highest BCUT2D eigenvalue weighted by molar-refractivity contribution is 5.39. The first-order valence-corrected chi connectivity index (χ1v) is 4.91. The van der Waals surface area contributed by atoms with Crippen LogP contribution in [0.4, 0.5) is 5.95 Å². The van der Waals surface area contributed by atoms with Crippen LogP contribution in [-0.2, 0) is 0 Å². The van der Waals surface area contributed by atoms with Crippen LogP contribution in [0.3, 0.4) is 0 Å². The minimum atomic E-state index is 0.631. The van der Waals surface area contributed by atoms with E-state index < -0.39 is 0 Å². The highest BCUT2D eigenvalue weighted by atomic mass is 15.3. The summed E-state index contributed by atoms with van der Waals surface area (Å²) in [6.45, 7) is 2.27. The maximum atomic E-state index is 4.30. The molecule has 1 saturated heterocycles. The van der Waals surface area contributed by atoms with Crippen LogP contribution < -0.4 is 4.90 Å². The van der Waals surface area contributed by atoms with E-state index in [1.165, 1.54) is 12.8 Å². The molecule has 68 valence electrons. The van der Waals surface area contributed by atoms with Crippen molar-refractivity contribution in [2.45, 2.75) is 31.8 Å². The van der Waals surface area contributed by atoms with Crippen molar-refractivity contribution < 1.29 is 0 Å². The second kappa shape index (κ2) is 2.44. The smallest absolute Gasteiger partial charge is 0.225 e. The van der Waals surface area contributed by atoms with Gasteiger partial charge in [0.15, 0.2) is 0 Å². The highest BCUT2D eigenvalue weighted by Crippen LogP contribution is 2.48. The molecule has 3 nitrogen and oxygen atoms in total. The van der Waals surface area contributed by atoms with Crippen LogP contribution in [0, 0.1) is 5.92 Å². The third-order valence-corrected chi connectivity index (χ3v) is 3.14. The summed E-state index contributed by atoms with van der Waals surface area (Å²) in [7, 11) is 0. The van der Waals surface area contributed by atoms with Crippen LogP contribution in [0.5, 0.6) is 0 Å². The van der Waals surface area contributed by atoms with Crippen molar-refractivity contribution in [3.8, 4) is 0 Å². The summed E-state index contributed by atoms with van der Waals surface area (Å²) >= 11 is 0. The van der Waals surface area contributed by atoms with Crippen LogP contribution in [0.15, 0.2) is 18.5 Å². The predicted molar refractivity (Wildman–Crippen MR) is 50.5 cm³/mol. The van der Waals surface area contributed by atoms with Gasteiger partial charge in [-0.05, 0) is 31.7 Å². The van der Waals surface area contributed by atoms with Crippen molar-refractivity contribution in [2.24, 2.45) is 5.92 Å². The summed E-state index contributed by atoms with van der Waals surface area (Å²) in [6.07, 6.45) is 6.32. The first-order chi connectivity index (χ1) is 6.36. The number of fused-ring (bicyclic) bond motifs is 1. The molecule has 0 bridgehead atoms. The number of aromatic nitrogens is 2. The summed E-state index contributed by atoms with van der Waals surface area (Å²) in [4.78, 5) is 11.0. The normalized spacial score (nSPS) is 36.1. The number of rotatable bonds is 1. The average molecular weight is 175 g/mol. The molecule has 0 N–H and O–H groups in total. The van der Waals surface area contributed by atoms with E-state index >= 15 is 0 Å². The van der Waals surface area contributed by atoms with E-state index in [-0.39, 0.29) is 0 Å². The third kappa shape index (κ3) is 1.03. The molecular weight excluding hydrogens is 162 g/mol. The average Bonchev–Trinajstić information content (AvgIpc) is 2.80.